The van der Waals surface area contributed by atoms with Crippen molar-refractivity contribution in [3.05, 3.63) is 100 Å². The van der Waals surface area contributed by atoms with Crippen LogP contribution in [0.5, 0.6) is 11.5 Å². The van der Waals surface area contributed by atoms with Gasteiger partial charge in [0.2, 0.25) is 11.8 Å². The van der Waals surface area contributed by atoms with E-state index < -0.39 is 57.0 Å². The second kappa shape index (κ2) is 10.8. The molecule has 8 nitrogen and oxygen atoms in total. The van der Waals surface area contributed by atoms with Crippen molar-refractivity contribution in [2.24, 2.45) is 17.8 Å². The van der Waals surface area contributed by atoms with E-state index in [-0.39, 0.29) is 47.5 Å². The van der Waals surface area contributed by atoms with E-state index in [1.165, 1.54) is 47.4 Å². The summed E-state index contributed by atoms with van der Waals surface area (Å²) in [5.74, 6) is -6.46. The lowest BCUT2D eigenvalue weighted by atomic mass is 9.56. The fourth-order valence-corrected chi connectivity index (χ4v) is 8.89. The second-order valence-corrected chi connectivity index (χ2v) is 13.8. The summed E-state index contributed by atoms with van der Waals surface area (Å²) in [6, 6.07) is 15.4. The number of alkyl halides is 2. The maximum absolute atomic E-state index is 14.4. The largest absolute Gasteiger partial charge is 0.508 e. The van der Waals surface area contributed by atoms with Crippen LogP contribution in [0.25, 0.3) is 0 Å². The highest BCUT2D eigenvalue weighted by Gasteiger charge is 2.76. The quantitative estimate of drug-likeness (QED) is 0.203. The number of halogens is 4. The molecule has 2 saturated heterocycles. The van der Waals surface area contributed by atoms with Crippen molar-refractivity contribution in [3.63, 3.8) is 0 Å². The zero-order chi connectivity index (χ0) is 32.7. The molecular weight excluding hydrogens is 658 g/mol. The van der Waals surface area contributed by atoms with Gasteiger partial charge in [0, 0.05) is 17.5 Å². The van der Waals surface area contributed by atoms with Crippen molar-refractivity contribution in [1.29, 1.82) is 0 Å². The summed E-state index contributed by atoms with van der Waals surface area (Å²) in [6.07, 6.45) is 2.14. The molecular formula is C34H26Cl3FN2O6. The number of phenols is 2. The van der Waals surface area contributed by atoms with Crippen LogP contribution in [-0.4, -0.2) is 55.0 Å². The van der Waals surface area contributed by atoms with Gasteiger partial charge in [-0.2, -0.15) is 0 Å². The van der Waals surface area contributed by atoms with Gasteiger partial charge in [0.25, 0.3) is 11.8 Å². The fourth-order valence-electron chi connectivity index (χ4n) is 7.68. The predicted octanol–water partition coefficient (Wildman–Crippen LogP) is 5.70. The monoisotopic (exact) mass is 682 g/mol. The van der Waals surface area contributed by atoms with E-state index in [0.717, 1.165) is 22.6 Å². The van der Waals surface area contributed by atoms with E-state index >= 15 is 0 Å². The van der Waals surface area contributed by atoms with Crippen LogP contribution in [0.3, 0.4) is 0 Å². The minimum atomic E-state index is -2.12. The van der Waals surface area contributed by atoms with Crippen molar-refractivity contribution in [3.8, 4) is 11.5 Å². The van der Waals surface area contributed by atoms with Crippen LogP contribution in [0.2, 0.25) is 5.02 Å². The Morgan fingerprint density at radius 3 is 2.20 bits per heavy atom. The zero-order valence-corrected chi connectivity index (χ0v) is 26.3. The third kappa shape index (κ3) is 4.32. The number of benzene rings is 3. The summed E-state index contributed by atoms with van der Waals surface area (Å²) < 4.78 is 13.8. The molecule has 4 aliphatic rings. The Bertz CT molecular complexity index is 1850. The second-order valence-electron chi connectivity index (χ2n) is 12.2. The molecule has 12 heteroatoms. The van der Waals surface area contributed by atoms with Crippen LogP contribution in [0, 0.1) is 23.6 Å². The molecule has 0 spiro atoms. The molecule has 3 aromatic rings. The highest BCUT2D eigenvalue weighted by atomic mass is 35.5. The Morgan fingerprint density at radius 2 is 1.52 bits per heavy atom. The summed E-state index contributed by atoms with van der Waals surface area (Å²) in [6.45, 7) is 0.117. The van der Waals surface area contributed by atoms with Crippen LogP contribution in [-0.2, 0) is 25.6 Å². The summed E-state index contributed by atoms with van der Waals surface area (Å²) >= 11 is 21.3. The van der Waals surface area contributed by atoms with Gasteiger partial charge < -0.3 is 10.2 Å². The number of allylic oxidation sites excluding steroid dienone is 2. The van der Waals surface area contributed by atoms with E-state index in [4.69, 9.17) is 34.8 Å². The number of nitrogens with zero attached hydrogens (tertiary/aromatic N) is 2. The lowest BCUT2D eigenvalue weighted by Gasteiger charge is -2.50. The Hall–Kier alpha value is -3.92. The number of carbonyl (C=O) groups is 4. The maximum Gasteiger partial charge on any atom is 0.258 e. The predicted molar refractivity (Wildman–Crippen MR) is 168 cm³/mol. The van der Waals surface area contributed by atoms with Crippen LogP contribution >= 0.6 is 34.8 Å². The van der Waals surface area contributed by atoms with Crippen molar-refractivity contribution in [1.82, 2.24) is 4.90 Å². The normalized spacial score (nSPS) is 30.3. The van der Waals surface area contributed by atoms with E-state index in [0.29, 0.717) is 17.6 Å². The molecule has 0 bridgehead atoms. The van der Waals surface area contributed by atoms with Gasteiger partial charge >= 0.3 is 0 Å². The van der Waals surface area contributed by atoms with Crippen LogP contribution in [0.1, 0.15) is 29.9 Å². The zero-order valence-electron chi connectivity index (χ0n) is 24.0. The lowest BCUT2D eigenvalue weighted by Crippen LogP contribution is -2.60. The van der Waals surface area contributed by atoms with E-state index in [9.17, 15) is 33.8 Å². The lowest BCUT2D eigenvalue weighted by molar-refractivity contribution is -0.140. The van der Waals surface area contributed by atoms with Crippen LogP contribution in [0.15, 0.2) is 78.4 Å². The summed E-state index contributed by atoms with van der Waals surface area (Å²) in [7, 11) is 0. The molecule has 7 rings (SSSR count). The first-order valence-electron chi connectivity index (χ1n) is 14.7. The molecule has 3 aromatic carbocycles. The first-order chi connectivity index (χ1) is 21.9. The first-order valence-corrected chi connectivity index (χ1v) is 15.8. The number of fused-ring (bicyclic) bond motifs is 4. The van der Waals surface area contributed by atoms with Crippen molar-refractivity contribution in [2.75, 3.05) is 11.4 Å². The van der Waals surface area contributed by atoms with Gasteiger partial charge in [-0.1, -0.05) is 41.4 Å². The number of amides is 4. The summed E-state index contributed by atoms with van der Waals surface area (Å²) in [4.78, 5) is 54.2. The smallest absolute Gasteiger partial charge is 0.258 e. The van der Waals surface area contributed by atoms with Crippen molar-refractivity contribution < 1.29 is 33.8 Å². The highest BCUT2D eigenvalue weighted by Crippen LogP contribution is 2.66. The molecule has 0 aromatic heterocycles. The molecule has 3 fully saturated rings. The molecule has 236 valence electrons. The Balaban J connectivity index is 1.32. The molecule has 0 radical (unpaired) electrons. The molecule has 0 unspecified atom stereocenters. The number of hydrogen-bond donors (Lipinski definition) is 2. The number of anilines is 1. The average molecular weight is 684 g/mol. The standard InChI is InChI=1S/C34H26Cl3FN2O6/c35-26-15-21(42)9-10-23(26)28-22-11-12-24-27(30(44)39(29(24)43)14-13-17-1-7-20(41)8-2-17)25(22)16-33(36)31(45)40(32(46)34(28,33)37)19-5-3-18(38)4-6-19/h1-11,15,24-25,27-28,41-42H,12-14,16H2/t24-,25+,27-,28+,33+,34-/m0/s1. The molecule has 46 heavy (non-hydrogen) atoms. The molecule has 2 heterocycles. The SMILES string of the molecule is O=C1[C@H]2[C@H](CC=C3[C@H]2C[C@@]2(Cl)C(=O)N(c4ccc(F)cc4)C(=O)[C@@]2(Cl)[C@H]3c2ccc(O)cc2Cl)C(=O)N1CCc1ccc(O)cc1. The van der Waals surface area contributed by atoms with Crippen molar-refractivity contribution >= 4 is 64.1 Å². The average Bonchev–Trinajstić information content (AvgIpc) is 3.35. The number of aromatic hydroxyl groups is 2. The maximum atomic E-state index is 14.4. The number of phenolic OH excluding ortho intramolecular Hbond substituents is 2. The van der Waals surface area contributed by atoms with Gasteiger partial charge in [0.15, 0.2) is 9.75 Å². The Morgan fingerprint density at radius 1 is 0.848 bits per heavy atom. The highest BCUT2D eigenvalue weighted by molar-refractivity contribution is 6.58. The minimum Gasteiger partial charge on any atom is -0.508 e. The van der Waals surface area contributed by atoms with Gasteiger partial charge in [-0.05, 0) is 84.8 Å². The van der Waals surface area contributed by atoms with Crippen LogP contribution in [0.4, 0.5) is 10.1 Å². The number of rotatable bonds is 5. The Kier molecular flexibility index (Phi) is 7.23. The third-order valence-corrected chi connectivity index (χ3v) is 11.6. The van der Waals surface area contributed by atoms with Crippen LogP contribution < -0.4 is 4.90 Å². The summed E-state index contributed by atoms with van der Waals surface area (Å²) in [5, 5.41) is 19.8. The van der Waals surface area contributed by atoms with Gasteiger partial charge in [-0.15, -0.1) is 23.2 Å². The number of imide groups is 2. The van der Waals surface area contributed by atoms with Gasteiger partial charge in [-0.25, -0.2) is 9.29 Å². The minimum absolute atomic E-state index is 0.0672. The molecule has 1 saturated carbocycles. The van der Waals surface area contributed by atoms with E-state index in [1.807, 2.05) is 0 Å². The van der Waals surface area contributed by atoms with Gasteiger partial charge in [-0.3, -0.25) is 24.1 Å². The number of likely N-dealkylation sites (tertiary alicyclic amines) is 1. The molecule has 2 aliphatic heterocycles. The van der Waals surface area contributed by atoms with Gasteiger partial charge in [0.05, 0.1) is 17.5 Å². The summed E-state index contributed by atoms with van der Waals surface area (Å²) in [5.41, 5.74) is 1.78. The topological polar surface area (TPSA) is 115 Å². The van der Waals surface area contributed by atoms with E-state index in [2.05, 4.69) is 0 Å². The molecule has 4 amide bonds. The molecule has 6 atom stereocenters. The third-order valence-electron chi connectivity index (χ3n) is 9.84. The molecule has 2 aliphatic carbocycles. The Labute approximate surface area is 278 Å². The first kappa shape index (κ1) is 30.7. The van der Waals surface area contributed by atoms with E-state index in [1.54, 1.807) is 18.2 Å². The fraction of sp³-hybridized carbons (Fsp3) is 0.294. The number of hydrogen-bond acceptors (Lipinski definition) is 6. The van der Waals surface area contributed by atoms with Gasteiger partial charge in [0.1, 0.15) is 17.3 Å². The molecule has 2 N–H and O–H groups in total. The van der Waals surface area contributed by atoms with Crippen molar-refractivity contribution in [2.45, 2.75) is 34.9 Å². The number of carbonyl (C=O) groups excluding carboxylic acids is 4.